The van der Waals surface area contributed by atoms with E-state index in [9.17, 15) is 42.9 Å². The number of nitro benzene ring substituents is 2. The Balaban J connectivity index is 3.90. The van der Waals surface area contributed by atoms with Crippen molar-refractivity contribution in [3.05, 3.63) is 37.9 Å². The highest BCUT2D eigenvalue weighted by atomic mass is 31.2. The van der Waals surface area contributed by atoms with Crippen LogP contribution in [0.3, 0.4) is 0 Å². The van der Waals surface area contributed by atoms with Gasteiger partial charge in [-0.2, -0.15) is 13.2 Å². The number of hydrogen-bond donors (Lipinski definition) is 0. The molecule has 0 aromatic heterocycles. The van der Waals surface area contributed by atoms with E-state index in [4.69, 9.17) is 0 Å². The number of nitrogens with zero attached hydrogens (tertiary/aromatic N) is 2. The van der Waals surface area contributed by atoms with E-state index in [0.717, 1.165) is 0 Å². The van der Waals surface area contributed by atoms with Crippen molar-refractivity contribution in [2.45, 2.75) is 6.18 Å². The van der Waals surface area contributed by atoms with Crippen molar-refractivity contribution in [3.8, 4) is 0 Å². The molecule has 0 aliphatic rings. The highest BCUT2D eigenvalue weighted by Crippen LogP contribution is 2.44. The lowest BCUT2D eigenvalue weighted by atomic mass is 10.1. The standard InChI is InChI=1S/C8H6F3N2O7P/c1-20-21(18,19)7-5(12(14)15)2-4(8(9,10)11)3-6(7)13(16)17/h2-3H,1H3,(H,18,19)/p-1. The number of hydrogen-bond acceptors (Lipinski definition) is 7. The molecule has 0 radical (unpaired) electrons. The van der Waals surface area contributed by atoms with Crippen LogP contribution in [0.2, 0.25) is 0 Å². The van der Waals surface area contributed by atoms with Crippen LogP contribution in [0.25, 0.3) is 0 Å². The van der Waals surface area contributed by atoms with Gasteiger partial charge in [0.25, 0.3) is 11.4 Å². The van der Waals surface area contributed by atoms with E-state index in [1.165, 1.54) is 0 Å². The van der Waals surface area contributed by atoms with E-state index in [1.807, 2.05) is 0 Å². The molecule has 0 N–H and O–H groups in total. The van der Waals surface area contributed by atoms with Crippen molar-refractivity contribution in [3.63, 3.8) is 0 Å². The van der Waals surface area contributed by atoms with E-state index < -0.39 is 45.9 Å². The molecule has 0 amide bonds. The zero-order valence-corrected chi connectivity index (χ0v) is 10.9. The van der Waals surface area contributed by atoms with E-state index >= 15 is 0 Å². The first-order valence-electron chi connectivity index (χ1n) is 4.83. The van der Waals surface area contributed by atoms with Gasteiger partial charge in [-0.15, -0.1) is 0 Å². The largest absolute Gasteiger partial charge is 0.775 e. The van der Waals surface area contributed by atoms with Gasteiger partial charge in [0.05, 0.1) is 15.4 Å². The van der Waals surface area contributed by atoms with Crippen LogP contribution in [0.4, 0.5) is 24.5 Å². The minimum Gasteiger partial charge on any atom is -0.775 e. The number of nitro groups is 2. The topological polar surface area (TPSA) is 136 Å². The molecule has 1 atom stereocenters. The first kappa shape index (κ1) is 17.0. The molecule has 0 spiro atoms. The normalized spacial score (nSPS) is 14.5. The van der Waals surface area contributed by atoms with Crippen LogP contribution in [0.1, 0.15) is 5.56 Å². The molecular weight excluding hydrogens is 324 g/mol. The Labute approximate surface area is 113 Å². The van der Waals surface area contributed by atoms with Gasteiger partial charge in [0.15, 0.2) is 12.9 Å². The molecule has 1 aromatic carbocycles. The Morgan fingerprint density at radius 3 is 1.76 bits per heavy atom. The molecule has 13 heteroatoms. The van der Waals surface area contributed by atoms with Crippen LogP contribution in [-0.4, -0.2) is 17.0 Å². The smallest absolute Gasteiger partial charge is 0.416 e. The van der Waals surface area contributed by atoms with Gasteiger partial charge in [0.1, 0.15) is 0 Å². The van der Waals surface area contributed by atoms with Gasteiger partial charge in [-0.1, -0.05) is 0 Å². The van der Waals surface area contributed by atoms with E-state index in [1.54, 1.807) is 0 Å². The van der Waals surface area contributed by atoms with Gasteiger partial charge in [-0.25, -0.2) is 0 Å². The fourth-order valence-electron chi connectivity index (χ4n) is 1.42. The summed E-state index contributed by atoms with van der Waals surface area (Å²) < 4.78 is 53.2. The summed E-state index contributed by atoms with van der Waals surface area (Å²) in [6, 6.07) is -0.211. The highest BCUT2D eigenvalue weighted by molar-refractivity contribution is 7.60. The van der Waals surface area contributed by atoms with Gasteiger partial charge in [0, 0.05) is 19.2 Å². The molecule has 1 unspecified atom stereocenters. The third kappa shape index (κ3) is 3.35. The molecule has 21 heavy (non-hydrogen) atoms. The summed E-state index contributed by atoms with van der Waals surface area (Å²) in [6.07, 6.45) is -5.13. The Kier molecular flexibility index (Phi) is 4.37. The van der Waals surface area contributed by atoms with E-state index in [-0.39, 0.29) is 12.1 Å². The van der Waals surface area contributed by atoms with Gasteiger partial charge in [0.2, 0.25) is 0 Å². The summed E-state index contributed by atoms with van der Waals surface area (Å²) in [7, 11) is -4.71. The zero-order chi connectivity index (χ0) is 16.6. The average molecular weight is 329 g/mol. The van der Waals surface area contributed by atoms with Gasteiger partial charge < -0.3 is 14.0 Å². The first-order chi connectivity index (χ1) is 9.41. The maximum Gasteiger partial charge on any atom is 0.416 e. The molecule has 116 valence electrons. The van der Waals surface area contributed by atoms with Crippen LogP contribution in [-0.2, 0) is 15.3 Å². The molecule has 0 saturated carbocycles. The second kappa shape index (κ2) is 5.39. The lowest BCUT2D eigenvalue weighted by molar-refractivity contribution is -0.392. The third-order valence-electron chi connectivity index (χ3n) is 2.30. The van der Waals surface area contributed by atoms with Crippen LogP contribution in [0.15, 0.2) is 12.1 Å². The Morgan fingerprint density at radius 2 is 1.52 bits per heavy atom. The molecule has 1 rings (SSSR count). The maximum absolute atomic E-state index is 12.6. The van der Waals surface area contributed by atoms with Crippen LogP contribution in [0, 0.1) is 20.2 Å². The van der Waals surface area contributed by atoms with Crippen LogP contribution < -0.4 is 10.2 Å². The van der Waals surface area contributed by atoms with Crippen LogP contribution >= 0.6 is 7.60 Å². The molecule has 0 fully saturated rings. The molecule has 0 aliphatic heterocycles. The highest BCUT2D eigenvalue weighted by Gasteiger charge is 2.40. The number of benzene rings is 1. The molecule has 9 nitrogen and oxygen atoms in total. The third-order valence-corrected chi connectivity index (χ3v) is 3.79. The van der Waals surface area contributed by atoms with Crippen molar-refractivity contribution < 1.29 is 37.0 Å². The Hall–Kier alpha value is -2.04. The van der Waals surface area contributed by atoms with Crippen molar-refractivity contribution in [1.82, 2.24) is 0 Å². The van der Waals surface area contributed by atoms with Gasteiger partial charge in [-0.05, 0) is 0 Å². The molecule has 0 saturated heterocycles. The molecule has 0 aliphatic carbocycles. The maximum atomic E-state index is 12.6. The fourth-order valence-corrected chi connectivity index (χ4v) is 2.45. The summed E-state index contributed by atoms with van der Waals surface area (Å²) in [5.41, 5.74) is -4.89. The van der Waals surface area contributed by atoms with Gasteiger partial charge >= 0.3 is 6.18 Å². The summed E-state index contributed by atoms with van der Waals surface area (Å²) in [6.45, 7) is 0. The van der Waals surface area contributed by atoms with Crippen molar-refractivity contribution in [1.29, 1.82) is 0 Å². The SMILES string of the molecule is COP(=O)([O-])c1c([N+](=O)[O-])cc(C(F)(F)F)cc1[N+](=O)[O-]. The number of rotatable bonds is 4. The van der Waals surface area contributed by atoms with Crippen molar-refractivity contribution in [2.75, 3.05) is 7.11 Å². The molecular formula is C8H5F3N2O7P-. The lowest BCUT2D eigenvalue weighted by Crippen LogP contribution is -2.24. The minimum atomic E-state index is -5.28. The molecule has 0 heterocycles. The second-order valence-electron chi connectivity index (χ2n) is 3.56. The van der Waals surface area contributed by atoms with Crippen LogP contribution in [0.5, 0.6) is 0 Å². The summed E-state index contributed by atoms with van der Waals surface area (Å²) in [5, 5.41) is 20.0. The predicted octanol–water partition coefficient (Wildman–Crippen LogP) is 1.35. The Morgan fingerprint density at radius 1 is 1.14 bits per heavy atom. The summed E-state index contributed by atoms with van der Waals surface area (Å²) in [5.74, 6) is 0. The second-order valence-corrected chi connectivity index (χ2v) is 5.36. The summed E-state index contributed by atoms with van der Waals surface area (Å²) in [4.78, 5) is 30.1. The average Bonchev–Trinajstić information content (AvgIpc) is 2.35. The molecule has 0 bridgehead atoms. The number of halogens is 3. The number of alkyl halides is 3. The zero-order valence-electron chi connectivity index (χ0n) is 9.99. The van der Waals surface area contributed by atoms with E-state index in [2.05, 4.69) is 4.52 Å². The summed E-state index contributed by atoms with van der Waals surface area (Å²) >= 11 is 0. The van der Waals surface area contributed by atoms with Crippen molar-refractivity contribution >= 4 is 24.3 Å². The molecule has 1 aromatic rings. The predicted molar refractivity (Wildman–Crippen MR) is 59.0 cm³/mol. The Bertz CT molecular complexity index is 625. The monoisotopic (exact) mass is 329 g/mol. The fraction of sp³-hybridized carbons (Fsp3) is 0.250. The minimum absolute atomic E-state index is 0.105. The van der Waals surface area contributed by atoms with Crippen molar-refractivity contribution in [2.24, 2.45) is 0 Å². The first-order valence-corrected chi connectivity index (χ1v) is 6.37. The quantitative estimate of drug-likeness (QED) is 0.462. The lowest BCUT2D eigenvalue weighted by Gasteiger charge is -2.21. The van der Waals surface area contributed by atoms with E-state index in [0.29, 0.717) is 7.11 Å². The van der Waals surface area contributed by atoms with Gasteiger partial charge in [-0.3, -0.25) is 20.2 Å².